The molecule has 0 saturated carbocycles. The standard InChI is InChI=1S/C17H12F3NO2/c18-17(19,20)14-3-1-2-4-15(14)23-16(22)10-9-12-5-7-13(11-21)8-6-12/h1-8H,9-10H2. The van der Waals surface area contributed by atoms with Gasteiger partial charge in [0.05, 0.1) is 17.2 Å². The Morgan fingerprint density at radius 2 is 1.74 bits per heavy atom. The maximum absolute atomic E-state index is 12.8. The van der Waals surface area contributed by atoms with Crippen molar-refractivity contribution in [1.82, 2.24) is 0 Å². The van der Waals surface area contributed by atoms with E-state index in [9.17, 15) is 18.0 Å². The van der Waals surface area contributed by atoms with Gasteiger partial charge in [0.25, 0.3) is 0 Å². The highest BCUT2D eigenvalue weighted by Crippen LogP contribution is 2.36. The fourth-order valence-electron chi connectivity index (χ4n) is 1.96. The predicted octanol–water partition coefficient (Wildman–Crippen LogP) is 4.12. The summed E-state index contributed by atoms with van der Waals surface area (Å²) in [4.78, 5) is 11.7. The summed E-state index contributed by atoms with van der Waals surface area (Å²) in [5, 5.41) is 8.69. The molecular formula is C17H12F3NO2. The highest BCUT2D eigenvalue weighted by atomic mass is 19.4. The van der Waals surface area contributed by atoms with E-state index in [1.165, 1.54) is 12.1 Å². The van der Waals surface area contributed by atoms with Crippen molar-refractivity contribution in [2.75, 3.05) is 0 Å². The monoisotopic (exact) mass is 319 g/mol. The van der Waals surface area contributed by atoms with E-state index in [1.54, 1.807) is 24.3 Å². The number of para-hydroxylation sites is 1. The molecule has 2 aromatic carbocycles. The van der Waals surface area contributed by atoms with Crippen LogP contribution in [0.15, 0.2) is 48.5 Å². The molecule has 0 atom stereocenters. The van der Waals surface area contributed by atoms with Gasteiger partial charge in [-0.25, -0.2) is 0 Å². The number of carbonyl (C=O) groups is 1. The van der Waals surface area contributed by atoms with Crippen molar-refractivity contribution in [1.29, 1.82) is 5.26 Å². The number of carbonyl (C=O) groups excluding carboxylic acids is 1. The van der Waals surface area contributed by atoms with E-state index in [4.69, 9.17) is 10.00 Å². The van der Waals surface area contributed by atoms with Gasteiger partial charge in [0, 0.05) is 6.42 Å². The van der Waals surface area contributed by atoms with E-state index in [1.807, 2.05) is 6.07 Å². The van der Waals surface area contributed by atoms with Crippen LogP contribution in [0.3, 0.4) is 0 Å². The second-order valence-electron chi connectivity index (χ2n) is 4.78. The van der Waals surface area contributed by atoms with Gasteiger partial charge in [-0.1, -0.05) is 24.3 Å². The molecule has 0 fully saturated rings. The number of alkyl halides is 3. The first-order valence-electron chi connectivity index (χ1n) is 6.76. The van der Waals surface area contributed by atoms with Crippen molar-refractivity contribution < 1.29 is 22.7 Å². The fourth-order valence-corrected chi connectivity index (χ4v) is 1.96. The van der Waals surface area contributed by atoms with Crippen molar-refractivity contribution in [2.24, 2.45) is 0 Å². The Balaban J connectivity index is 1.99. The van der Waals surface area contributed by atoms with E-state index in [2.05, 4.69) is 0 Å². The largest absolute Gasteiger partial charge is 0.426 e. The molecule has 0 aliphatic carbocycles. The van der Waals surface area contributed by atoms with Crippen molar-refractivity contribution >= 4 is 5.97 Å². The van der Waals surface area contributed by atoms with Gasteiger partial charge in [0.1, 0.15) is 5.75 Å². The normalized spacial score (nSPS) is 10.9. The number of halogens is 3. The Morgan fingerprint density at radius 3 is 2.35 bits per heavy atom. The number of aryl methyl sites for hydroxylation is 1. The summed E-state index contributed by atoms with van der Waals surface area (Å²) in [6.07, 6.45) is -4.32. The number of benzene rings is 2. The second kappa shape index (κ2) is 6.97. The number of hydrogen-bond donors (Lipinski definition) is 0. The minimum atomic E-state index is -4.58. The van der Waals surface area contributed by atoms with Crippen LogP contribution in [0.25, 0.3) is 0 Å². The van der Waals surface area contributed by atoms with Crippen molar-refractivity contribution in [3.63, 3.8) is 0 Å². The molecule has 0 radical (unpaired) electrons. The zero-order valence-electron chi connectivity index (χ0n) is 11.9. The third kappa shape index (κ3) is 4.58. The highest BCUT2D eigenvalue weighted by molar-refractivity contribution is 5.73. The average molecular weight is 319 g/mol. The summed E-state index contributed by atoms with van der Waals surface area (Å²) < 4.78 is 43.2. The van der Waals surface area contributed by atoms with E-state index >= 15 is 0 Å². The van der Waals surface area contributed by atoms with Gasteiger partial charge in [-0.05, 0) is 36.2 Å². The molecule has 0 aliphatic heterocycles. The summed E-state index contributed by atoms with van der Waals surface area (Å²) in [6.45, 7) is 0. The maximum atomic E-state index is 12.8. The summed E-state index contributed by atoms with van der Waals surface area (Å²) in [6, 6.07) is 13.2. The van der Waals surface area contributed by atoms with Gasteiger partial charge in [-0.2, -0.15) is 18.4 Å². The third-order valence-corrected chi connectivity index (χ3v) is 3.12. The van der Waals surface area contributed by atoms with Gasteiger partial charge in [-0.15, -0.1) is 0 Å². The molecule has 23 heavy (non-hydrogen) atoms. The van der Waals surface area contributed by atoms with Gasteiger partial charge in [0.15, 0.2) is 0 Å². The Bertz CT molecular complexity index is 731. The van der Waals surface area contributed by atoms with Crippen LogP contribution in [0, 0.1) is 11.3 Å². The molecule has 0 bridgehead atoms. The molecule has 2 rings (SSSR count). The van der Waals surface area contributed by atoms with Crippen LogP contribution >= 0.6 is 0 Å². The molecule has 0 heterocycles. The molecule has 118 valence electrons. The molecule has 0 unspecified atom stereocenters. The lowest BCUT2D eigenvalue weighted by atomic mass is 10.1. The molecule has 0 N–H and O–H groups in total. The summed E-state index contributed by atoms with van der Waals surface area (Å²) in [5.74, 6) is -1.24. The van der Waals surface area contributed by atoms with Gasteiger partial charge in [0.2, 0.25) is 0 Å². The quantitative estimate of drug-likeness (QED) is 0.629. The minimum absolute atomic E-state index is 0.0574. The SMILES string of the molecule is N#Cc1ccc(CCC(=O)Oc2ccccc2C(F)(F)F)cc1. The number of rotatable bonds is 4. The van der Waals surface area contributed by atoms with Crippen molar-refractivity contribution in [2.45, 2.75) is 19.0 Å². The van der Waals surface area contributed by atoms with Gasteiger partial charge < -0.3 is 4.74 Å². The number of nitriles is 1. The van der Waals surface area contributed by atoms with E-state index in [0.29, 0.717) is 12.0 Å². The first kappa shape index (κ1) is 16.6. The Kier molecular flexibility index (Phi) is 5.02. The Labute approximate surface area is 130 Å². The number of nitrogens with zero attached hydrogens (tertiary/aromatic N) is 1. The molecule has 6 heteroatoms. The lowest BCUT2D eigenvalue weighted by Gasteiger charge is -2.12. The molecular weight excluding hydrogens is 307 g/mol. The van der Waals surface area contributed by atoms with E-state index < -0.39 is 23.5 Å². The van der Waals surface area contributed by atoms with Crippen LogP contribution in [0.1, 0.15) is 23.1 Å². The second-order valence-corrected chi connectivity index (χ2v) is 4.78. The Morgan fingerprint density at radius 1 is 1.09 bits per heavy atom. The van der Waals surface area contributed by atoms with Crippen molar-refractivity contribution in [3.8, 4) is 11.8 Å². The molecule has 0 aromatic heterocycles. The lowest BCUT2D eigenvalue weighted by molar-refractivity contribution is -0.142. The van der Waals surface area contributed by atoms with Crippen LogP contribution < -0.4 is 4.74 Å². The van der Waals surface area contributed by atoms with E-state index in [0.717, 1.165) is 17.7 Å². The predicted molar refractivity (Wildman–Crippen MR) is 76.6 cm³/mol. The van der Waals surface area contributed by atoms with Crippen LogP contribution in [-0.4, -0.2) is 5.97 Å². The molecule has 0 aliphatic rings. The number of esters is 1. The van der Waals surface area contributed by atoms with Gasteiger partial charge >= 0.3 is 12.1 Å². The van der Waals surface area contributed by atoms with Crippen LogP contribution in [0.4, 0.5) is 13.2 Å². The van der Waals surface area contributed by atoms with Crippen LogP contribution in [0.2, 0.25) is 0 Å². The number of hydrogen-bond acceptors (Lipinski definition) is 3. The average Bonchev–Trinajstić information content (AvgIpc) is 2.53. The first-order valence-corrected chi connectivity index (χ1v) is 6.76. The summed E-state index contributed by atoms with van der Waals surface area (Å²) in [7, 11) is 0. The fraction of sp³-hybridized carbons (Fsp3) is 0.176. The van der Waals surface area contributed by atoms with Crippen molar-refractivity contribution in [3.05, 3.63) is 65.2 Å². The summed E-state index contributed by atoms with van der Waals surface area (Å²) in [5.41, 5.74) is 0.312. The van der Waals surface area contributed by atoms with Crippen LogP contribution in [0.5, 0.6) is 5.75 Å². The molecule has 3 nitrogen and oxygen atoms in total. The first-order chi connectivity index (χ1) is 10.9. The zero-order chi connectivity index (χ0) is 16.9. The highest BCUT2D eigenvalue weighted by Gasteiger charge is 2.34. The number of ether oxygens (including phenoxy) is 1. The summed E-state index contributed by atoms with van der Waals surface area (Å²) >= 11 is 0. The molecule has 0 amide bonds. The van der Waals surface area contributed by atoms with E-state index in [-0.39, 0.29) is 6.42 Å². The topological polar surface area (TPSA) is 50.1 Å². The Hall–Kier alpha value is -2.81. The molecule has 2 aromatic rings. The third-order valence-electron chi connectivity index (χ3n) is 3.12. The molecule has 0 spiro atoms. The smallest absolute Gasteiger partial charge is 0.419 e. The maximum Gasteiger partial charge on any atom is 0.419 e. The minimum Gasteiger partial charge on any atom is -0.426 e. The lowest BCUT2D eigenvalue weighted by Crippen LogP contribution is -2.14. The van der Waals surface area contributed by atoms with Gasteiger partial charge in [-0.3, -0.25) is 4.79 Å². The van der Waals surface area contributed by atoms with Crippen LogP contribution in [-0.2, 0) is 17.4 Å². The molecule has 0 saturated heterocycles. The zero-order valence-corrected chi connectivity index (χ0v) is 11.9.